The fourth-order valence-corrected chi connectivity index (χ4v) is 2.60. The van der Waals surface area contributed by atoms with Crippen molar-refractivity contribution in [1.82, 2.24) is 10.2 Å². The lowest BCUT2D eigenvalue weighted by atomic mass is 9.97. The number of hydrogen-bond donors (Lipinski definition) is 3. The zero-order valence-electron chi connectivity index (χ0n) is 13.5. The second-order valence-electron chi connectivity index (χ2n) is 6.32. The number of carboxylic acids is 1. The molecule has 0 aromatic heterocycles. The first kappa shape index (κ1) is 18.4. The van der Waals surface area contributed by atoms with E-state index >= 15 is 0 Å². The van der Waals surface area contributed by atoms with Gasteiger partial charge in [-0.05, 0) is 32.1 Å². The molecule has 1 rings (SSSR count). The van der Waals surface area contributed by atoms with Crippen molar-refractivity contribution in [1.29, 1.82) is 0 Å². The fraction of sp³-hybridized carbons (Fsp3) is 0.800. The van der Waals surface area contributed by atoms with E-state index in [2.05, 4.69) is 5.32 Å². The van der Waals surface area contributed by atoms with Crippen LogP contribution in [0.3, 0.4) is 0 Å². The van der Waals surface area contributed by atoms with Crippen LogP contribution in [0.4, 0.5) is 0 Å². The minimum absolute atomic E-state index is 0.00377. The second kappa shape index (κ2) is 8.12. The van der Waals surface area contributed by atoms with Crippen LogP contribution in [-0.4, -0.2) is 52.5 Å². The van der Waals surface area contributed by atoms with Gasteiger partial charge in [0.1, 0.15) is 6.04 Å². The second-order valence-corrected chi connectivity index (χ2v) is 6.32. The van der Waals surface area contributed by atoms with Crippen molar-refractivity contribution in [3.05, 3.63) is 0 Å². The molecule has 0 aromatic rings. The number of nitrogens with two attached hydrogens (primary N) is 1. The first-order chi connectivity index (χ1) is 10.2. The number of nitrogens with zero attached hydrogens (tertiary/aromatic N) is 1. The Morgan fingerprint density at radius 2 is 1.91 bits per heavy atom. The van der Waals surface area contributed by atoms with Crippen molar-refractivity contribution in [2.24, 2.45) is 11.7 Å². The van der Waals surface area contributed by atoms with E-state index in [0.717, 1.165) is 12.8 Å². The Morgan fingerprint density at radius 3 is 2.45 bits per heavy atom. The van der Waals surface area contributed by atoms with Gasteiger partial charge >= 0.3 is 5.97 Å². The number of carbonyl (C=O) groups excluding carboxylic acids is 2. The van der Waals surface area contributed by atoms with Crippen LogP contribution in [0.1, 0.15) is 46.5 Å². The van der Waals surface area contributed by atoms with Crippen LogP contribution in [0, 0.1) is 5.92 Å². The van der Waals surface area contributed by atoms with Crippen molar-refractivity contribution < 1.29 is 19.5 Å². The van der Waals surface area contributed by atoms with E-state index in [0.29, 0.717) is 13.0 Å². The third kappa shape index (κ3) is 4.98. The Labute approximate surface area is 131 Å². The summed E-state index contributed by atoms with van der Waals surface area (Å²) in [6, 6.07) is -1.64. The van der Waals surface area contributed by atoms with E-state index < -0.39 is 24.1 Å². The molecule has 1 saturated heterocycles. The summed E-state index contributed by atoms with van der Waals surface area (Å²) in [5.74, 6) is -1.46. The van der Waals surface area contributed by atoms with E-state index in [1.54, 1.807) is 11.8 Å². The lowest BCUT2D eigenvalue weighted by Crippen LogP contribution is -2.57. The average Bonchev–Trinajstić information content (AvgIpc) is 2.44. The van der Waals surface area contributed by atoms with Gasteiger partial charge in [0.2, 0.25) is 11.8 Å². The molecule has 22 heavy (non-hydrogen) atoms. The highest BCUT2D eigenvalue weighted by Crippen LogP contribution is 2.19. The van der Waals surface area contributed by atoms with Gasteiger partial charge in [-0.2, -0.15) is 0 Å². The largest absolute Gasteiger partial charge is 0.481 e. The predicted octanol–water partition coefficient (Wildman–Crippen LogP) is 0.330. The van der Waals surface area contributed by atoms with Gasteiger partial charge in [-0.25, -0.2) is 0 Å². The number of hydrogen-bond acceptors (Lipinski definition) is 4. The van der Waals surface area contributed by atoms with Crippen molar-refractivity contribution in [2.75, 3.05) is 6.54 Å². The Bertz CT molecular complexity index is 425. The van der Waals surface area contributed by atoms with Crippen LogP contribution in [0.2, 0.25) is 0 Å². The number of rotatable bonds is 6. The monoisotopic (exact) mass is 313 g/mol. The summed E-state index contributed by atoms with van der Waals surface area (Å²) >= 11 is 0. The zero-order chi connectivity index (χ0) is 16.9. The molecule has 1 aliphatic rings. The molecular weight excluding hydrogens is 286 g/mol. The molecule has 0 saturated carbocycles. The lowest BCUT2D eigenvalue weighted by Gasteiger charge is -2.37. The van der Waals surface area contributed by atoms with Gasteiger partial charge in [0.25, 0.3) is 0 Å². The van der Waals surface area contributed by atoms with E-state index in [9.17, 15) is 14.4 Å². The molecule has 1 unspecified atom stereocenters. The quantitative estimate of drug-likeness (QED) is 0.654. The van der Waals surface area contributed by atoms with Gasteiger partial charge in [0, 0.05) is 12.6 Å². The van der Waals surface area contributed by atoms with Crippen LogP contribution < -0.4 is 11.1 Å². The summed E-state index contributed by atoms with van der Waals surface area (Å²) in [5.41, 5.74) is 5.92. The number of piperidine rings is 1. The maximum atomic E-state index is 12.4. The SMILES string of the molecule is CC(C)[C@H](N)C(=O)N1CCCCC1C(=O)N[C@H](C)CC(=O)O. The molecule has 0 aliphatic carbocycles. The summed E-state index contributed by atoms with van der Waals surface area (Å²) in [4.78, 5) is 37.0. The molecule has 1 heterocycles. The number of likely N-dealkylation sites (tertiary alicyclic amines) is 1. The van der Waals surface area contributed by atoms with Gasteiger partial charge in [-0.15, -0.1) is 0 Å². The highest BCUT2D eigenvalue weighted by atomic mass is 16.4. The fourth-order valence-electron chi connectivity index (χ4n) is 2.60. The molecule has 126 valence electrons. The molecule has 3 atom stereocenters. The molecular formula is C15H27N3O4. The molecule has 7 nitrogen and oxygen atoms in total. The number of nitrogens with one attached hydrogen (secondary N) is 1. The summed E-state index contributed by atoms with van der Waals surface area (Å²) in [7, 11) is 0. The highest BCUT2D eigenvalue weighted by molar-refractivity contribution is 5.90. The molecule has 7 heteroatoms. The molecule has 1 aliphatic heterocycles. The van der Waals surface area contributed by atoms with Crippen LogP contribution in [-0.2, 0) is 14.4 Å². The lowest BCUT2D eigenvalue weighted by molar-refractivity contribution is -0.144. The number of aliphatic carboxylic acids is 1. The first-order valence-electron chi connectivity index (χ1n) is 7.82. The third-order valence-corrected chi connectivity index (χ3v) is 3.96. The van der Waals surface area contributed by atoms with Crippen LogP contribution >= 0.6 is 0 Å². The minimum Gasteiger partial charge on any atom is -0.481 e. The standard InChI is InChI=1S/C15H27N3O4/c1-9(2)13(16)15(22)18-7-5-4-6-11(18)14(21)17-10(3)8-12(19)20/h9-11,13H,4-8,16H2,1-3H3,(H,17,21)(H,19,20)/t10-,11?,13+/m1/s1. The van der Waals surface area contributed by atoms with E-state index in [4.69, 9.17) is 10.8 Å². The van der Waals surface area contributed by atoms with Crippen molar-refractivity contribution >= 4 is 17.8 Å². The molecule has 1 fully saturated rings. The topological polar surface area (TPSA) is 113 Å². The van der Waals surface area contributed by atoms with Gasteiger partial charge in [0.05, 0.1) is 12.5 Å². The molecule has 0 bridgehead atoms. The molecule has 4 N–H and O–H groups in total. The summed E-state index contributed by atoms with van der Waals surface area (Å²) in [6.45, 7) is 5.90. The van der Waals surface area contributed by atoms with Crippen molar-refractivity contribution in [2.45, 2.75) is 64.6 Å². The predicted molar refractivity (Wildman–Crippen MR) is 82.0 cm³/mol. The average molecular weight is 313 g/mol. The maximum Gasteiger partial charge on any atom is 0.305 e. The number of amides is 2. The highest BCUT2D eigenvalue weighted by Gasteiger charge is 2.35. The molecule has 0 radical (unpaired) electrons. The third-order valence-electron chi connectivity index (χ3n) is 3.96. The Balaban J connectivity index is 2.74. The molecule has 0 aromatic carbocycles. The maximum absolute atomic E-state index is 12.4. The number of carbonyl (C=O) groups is 3. The summed E-state index contributed by atoms with van der Waals surface area (Å²) in [5, 5.41) is 11.4. The molecule has 2 amide bonds. The van der Waals surface area contributed by atoms with E-state index in [1.165, 1.54) is 0 Å². The zero-order valence-corrected chi connectivity index (χ0v) is 13.5. The smallest absolute Gasteiger partial charge is 0.305 e. The Kier molecular flexibility index (Phi) is 6.80. The number of carboxylic acid groups (broad SMARTS) is 1. The summed E-state index contributed by atoms with van der Waals surface area (Å²) < 4.78 is 0. The van der Waals surface area contributed by atoms with Crippen molar-refractivity contribution in [3.63, 3.8) is 0 Å². The van der Waals surface area contributed by atoms with Crippen molar-refractivity contribution in [3.8, 4) is 0 Å². The molecule has 0 spiro atoms. The van der Waals surface area contributed by atoms with Crippen LogP contribution in [0.25, 0.3) is 0 Å². The normalized spacial score (nSPS) is 21.3. The van der Waals surface area contributed by atoms with E-state index in [1.807, 2.05) is 13.8 Å². The minimum atomic E-state index is -0.966. The Hall–Kier alpha value is -1.63. The van der Waals surface area contributed by atoms with Gasteiger partial charge in [-0.1, -0.05) is 13.8 Å². The summed E-state index contributed by atoms with van der Waals surface area (Å²) in [6.07, 6.45) is 2.16. The first-order valence-corrected chi connectivity index (χ1v) is 7.82. The van der Waals surface area contributed by atoms with Crippen LogP contribution in [0.5, 0.6) is 0 Å². The van der Waals surface area contributed by atoms with Gasteiger partial charge in [0.15, 0.2) is 0 Å². The van der Waals surface area contributed by atoms with E-state index in [-0.39, 0.29) is 24.2 Å². The van der Waals surface area contributed by atoms with Gasteiger partial charge in [-0.3, -0.25) is 14.4 Å². The van der Waals surface area contributed by atoms with Crippen LogP contribution in [0.15, 0.2) is 0 Å². The Morgan fingerprint density at radius 1 is 1.27 bits per heavy atom. The van der Waals surface area contributed by atoms with Gasteiger partial charge < -0.3 is 21.1 Å².